The Bertz CT molecular complexity index is 1080. The second-order valence-corrected chi connectivity index (χ2v) is 8.84. The third-order valence-electron chi connectivity index (χ3n) is 5.64. The lowest BCUT2D eigenvalue weighted by atomic mass is 9.97. The minimum absolute atomic E-state index is 0.0405. The summed E-state index contributed by atoms with van der Waals surface area (Å²) in [4.78, 5) is 25.5. The van der Waals surface area contributed by atoms with Crippen LogP contribution < -0.4 is 19.7 Å². The molecular weight excluding hydrogens is 436 g/mol. The number of nitrogens with one attached hydrogen (secondary N) is 1. The molecule has 1 aromatic heterocycles. The van der Waals surface area contributed by atoms with E-state index in [-0.39, 0.29) is 11.8 Å². The van der Waals surface area contributed by atoms with Gasteiger partial charge in [0.25, 0.3) is 0 Å². The van der Waals surface area contributed by atoms with Crippen molar-refractivity contribution >= 4 is 23.5 Å². The molecule has 0 spiro atoms. The molecule has 3 aromatic rings. The molecule has 0 unspecified atom stereocenters. The topological polar surface area (TPSA) is 76.6 Å². The van der Waals surface area contributed by atoms with Crippen LogP contribution in [0.25, 0.3) is 0 Å². The van der Waals surface area contributed by atoms with E-state index >= 15 is 0 Å². The third kappa shape index (κ3) is 5.76. The molecule has 4 rings (SSSR count). The predicted molar refractivity (Wildman–Crippen MR) is 129 cm³/mol. The van der Waals surface area contributed by atoms with Gasteiger partial charge in [0.1, 0.15) is 16.5 Å². The molecule has 1 N–H and O–H groups in total. The summed E-state index contributed by atoms with van der Waals surface area (Å²) in [7, 11) is 3.23. The Hall–Kier alpha value is -3.26. The smallest absolute Gasteiger partial charge is 0.225 e. The average molecular weight is 465 g/mol. The van der Waals surface area contributed by atoms with E-state index in [1.54, 1.807) is 38.4 Å². The SMILES string of the molecule is COc1ccc(CNC(=O)[C@H]2CCCN(c3nccnc3Sc3ccccc3)C2)c(OC)c1. The van der Waals surface area contributed by atoms with Gasteiger partial charge in [0.15, 0.2) is 5.82 Å². The van der Waals surface area contributed by atoms with Crippen LogP contribution in [0.2, 0.25) is 0 Å². The number of anilines is 1. The fraction of sp³-hybridized carbons (Fsp3) is 0.320. The molecule has 1 aliphatic heterocycles. The molecular formula is C25H28N4O3S. The van der Waals surface area contributed by atoms with Crippen molar-refractivity contribution in [1.29, 1.82) is 0 Å². The lowest BCUT2D eigenvalue weighted by Gasteiger charge is -2.33. The van der Waals surface area contributed by atoms with Crippen molar-refractivity contribution in [2.24, 2.45) is 5.92 Å². The molecule has 8 heteroatoms. The first-order valence-corrected chi connectivity index (χ1v) is 11.8. The van der Waals surface area contributed by atoms with Gasteiger partial charge in [0, 0.05) is 48.6 Å². The summed E-state index contributed by atoms with van der Waals surface area (Å²) in [5.41, 5.74) is 0.912. The molecule has 1 fully saturated rings. The summed E-state index contributed by atoms with van der Waals surface area (Å²) in [6, 6.07) is 15.7. The number of piperidine rings is 1. The van der Waals surface area contributed by atoms with Gasteiger partial charge < -0.3 is 19.7 Å². The standard InChI is InChI=1S/C25H28N4O3S/c1-31-20-11-10-18(22(15-20)32-2)16-28-24(30)19-7-6-14-29(17-19)23-25(27-13-12-26-23)33-21-8-4-3-5-9-21/h3-5,8-13,15,19H,6-7,14,16-17H2,1-2H3,(H,28,30)/t19-/m0/s1. The van der Waals surface area contributed by atoms with Crippen LogP contribution >= 0.6 is 11.8 Å². The summed E-state index contributed by atoms with van der Waals surface area (Å²) in [5, 5.41) is 3.93. The maximum Gasteiger partial charge on any atom is 0.225 e. The summed E-state index contributed by atoms with van der Waals surface area (Å²) in [6.07, 6.45) is 5.20. The van der Waals surface area contributed by atoms with Crippen LogP contribution in [0.15, 0.2) is 70.8 Å². The molecule has 33 heavy (non-hydrogen) atoms. The van der Waals surface area contributed by atoms with Crippen LogP contribution in [-0.2, 0) is 11.3 Å². The van der Waals surface area contributed by atoms with E-state index in [4.69, 9.17) is 9.47 Å². The highest BCUT2D eigenvalue weighted by Crippen LogP contribution is 2.34. The van der Waals surface area contributed by atoms with Crippen LogP contribution in [0.4, 0.5) is 5.82 Å². The number of amides is 1. The molecule has 1 atom stereocenters. The molecule has 0 bridgehead atoms. The number of aromatic nitrogens is 2. The number of ether oxygens (including phenoxy) is 2. The number of hydrogen-bond acceptors (Lipinski definition) is 7. The lowest BCUT2D eigenvalue weighted by molar-refractivity contribution is -0.125. The Morgan fingerprint density at radius 2 is 1.94 bits per heavy atom. The summed E-state index contributed by atoms with van der Waals surface area (Å²) < 4.78 is 10.7. The summed E-state index contributed by atoms with van der Waals surface area (Å²) in [5.74, 6) is 2.18. The van der Waals surface area contributed by atoms with Crippen LogP contribution in [0.5, 0.6) is 11.5 Å². The van der Waals surface area contributed by atoms with Gasteiger partial charge in [-0.2, -0.15) is 0 Å². The van der Waals surface area contributed by atoms with Crippen molar-refractivity contribution in [2.75, 3.05) is 32.2 Å². The molecule has 1 saturated heterocycles. The Balaban J connectivity index is 1.41. The Kier molecular flexibility index (Phi) is 7.67. The van der Waals surface area contributed by atoms with Crippen LogP contribution in [0, 0.1) is 5.92 Å². The van der Waals surface area contributed by atoms with Crippen molar-refractivity contribution < 1.29 is 14.3 Å². The van der Waals surface area contributed by atoms with E-state index in [1.807, 2.05) is 36.4 Å². The highest BCUT2D eigenvalue weighted by Gasteiger charge is 2.28. The van der Waals surface area contributed by atoms with Crippen molar-refractivity contribution in [3.05, 3.63) is 66.5 Å². The predicted octanol–water partition coefficient (Wildman–Crippen LogP) is 4.18. The molecule has 172 valence electrons. The maximum atomic E-state index is 13.0. The van der Waals surface area contributed by atoms with E-state index in [0.29, 0.717) is 18.8 Å². The molecule has 7 nitrogen and oxygen atoms in total. The molecule has 2 aromatic carbocycles. The average Bonchev–Trinajstić information content (AvgIpc) is 2.88. The first-order valence-electron chi connectivity index (χ1n) is 11.0. The number of nitrogens with zero attached hydrogens (tertiary/aromatic N) is 3. The normalized spacial score (nSPS) is 15.7. The first kappa shape index (κ1) is 22.9. The van der Waals surface area contributed by atoms with E-state index in [0.717, 1.165) is 46.4 Å². The summed E-state index contributed by atoms with van der Waals surface area (Å²) in [6.45, 7) is 1.88. The van der Waals surface area contributed by atoms with Gasteiger partial charge in [-0.05, 0) is 37.1 Å². The first-order chi connectivity index (χ1) is 16.2. The zero-order chi connectivity index (χ0) is 23.0. The fourth-order valence-corrected chi connectivity index (χ4v) is 4.82. The van der Waals surface area contributed by atoms with Gasteiger partial charge in [-0.15, -0.1) is 0 Å². The van der Waals surface area contributed by atoms with Gasteiger partial charge in [-0.1, -0.05) is 30.0 Å². The quantitative estimate of drug-likeness (QED) is 0.536. The number of carbonyl (C=O) groups is 1. The van der Waals surface area contributed by atoms with Crippen molar-refractivity contribution in [3.63, 3.8) is 0 Å². The van der Waals surface area contributed by atoms with Crippen molar-refractivity contribution in [2.45, 2.75) is 29.3 Å². The Morgan fingerprint density at radius 1 is 1.12 bits per heavy atom. The zero-order valence-corrected chi connectivity index (χ0v) is 19.7. The molecule has 2 heterocycles. The highest BCUT2D eigenvalue weighted by molar-refractivity contribution is 7.99. The minimum atomic E-state index is -0.112. The number of hydrogen-bond donors (Lipinski definition) is 1. The maximum absolute atomic E-state index is 13.0. The van der Waals surface area contributed by atoms with Crippen LogP contribution in [0.3, 0.4) is 0 Å². The summed E-state index contributed by atoms with van der Waals surface area (Å²) >= 11 is 1.59. The minimum Gasteiger partial charge on any atom is -0.497 e. The van der Waals surface area contributed by atoms with E-state index in [2.05, 4.69) is 32.3 Å². The van der Waals surface area contributed by atoms with Gasteiger partial charge in [0.2, 0.25) is 5.91 Å². The van der Waals surface area contributed by atoms with Crippen LogP contribution in [-0.4, -0.2) is 43.2 Å². The lowest BCUT2D eigenvalue weighted by Crippen LogP contribution is -2.43. The Labute approximate surface area is 198 Å². The fourth-order valence-electron chi connectivity index (χ4n) is 3.92. The number of benzene rings is 2. The van der Waals surface area contributed by atoms with Crippen molar-refractivity contribution in [1.82, 2.24) is 15.3 Å². The Morgan fingerprint density at radius 3 is 2.73 bits per heavy atom. The van der Waals surface area contributed by atoms with E-state index in [1.165, 1.54) is 0 Å². The number of carbonyl (C=O) groups excluding carboxylic acids is 1. The molecule has 0 saturated carbocycles. The van der Waals surface area contributed by atoms with Crippen LogP contribution in [0.1, 0.15) is 18.4 Å². The van der Waals surface area contributed by atoms with Gasteiger partial charge in [-0.3, -0.25) is 4.79 Å². The molecule has 0 aliphatic carbocycles. The number of methoxy groups -OCH3 is 2. The molecule has 0 radical (unpaired) electrons. The largest absolute Gasteiger partial charge is 0.497 e. The molecule has 1 amide bonds. The second kappa shape index (κ2) is 11.0. The van der Waals surface area contributed by atoms with E-state index in [9.17, 15) is 4.79 Å². The monoisotopic (exact) mass is 464 g/mol. The highest BCUT2D eigenvalue weighted by atomic mass is 32.2. The van der Waals surface area contributed by atoms with Crippen molar-refractivity contribution in [3.8, 4) is 11.5 Å². The van der Waals surface area contributed by atoms with Gasteiger partial charge in [-0.25, -0.2) is 9.97 Å². The van der Waals surface area contributed by atoms with Gasteiger partial charge >= 0.3 is 0 Å². The second-order valence-electron chi connectivity index (χ2n) is 7.78. The van der Waals surface area contributed by atoms with E-state index < -0.39 is 0 Å². The number of rotatable bonds is 8. The van der Waals surface area contributed by atoms with Gasteiger partial charge in [0.05, 0.1) is 20.1 Å². The zero-order valence-electron chi connectivity index (χ0n) is 18.9. The molecule has 1 aliphatic rings. The third-order valence-corrected chi connectivity index (χ3v) is 6.63.